The summed E-state index contributed by atoms with van der Waals surface area (Å²) in [5.74, 6) is 0.831. The van der Waals surface area contributed by atoms with Crippen molar-refractivity contribution in [3.63, 3.8) is 0 Å². The second kappa shape index (κ2) is 2.33. The summed E-state index contributed by atoms with van der Waals surface area (Å²) in [5, 5.41) is 0. The Morgan fingerprint density at radius 2 is 1.90 bits per heavy atom. The zero-order chi connectivity index (χ0) is 7.72. The van der Waals surface area contributed by atoms with Crippen molar-refractivity contribution in [2.24, 2.45) is 0 Å². The van der Waals surface area contributed by atoms with Gasteiger partial charge in [-0.05, 0) is 6.92 Å². The van der Waals surface area contributed by atoms with Gasteiger partial charge in [0.1, 0.15) is 5.76 Å². The molecule has 1 aromatic rings. The smallest absolute Gasteiger partial charge is 0.396 e. The van der Waals surface area contributed by atoms with E-state index in [0.29, 0.717) is 11.5 Å². The zero-order valence-corrected chi connectivity index (χ0v) is 6.30. The molecule has 0 aromatic carbocycles. The van der Waals surface area contributed by atoms with Crippen LogP contribution in [0.25, 0.3) is 0 Å². The van der Waals surface area contributed by atoms with Crippen LogP contribution in [0, 0.1) is 6.92 Å². The van der Waals surface area contributed by atoms with Crippen molar-refractivity contribution in [2.45, 2.75) is 26.7 Å². The Kier molecular flexibility index (Phi) is 1.66. The summed E-state index contributed by atoms with van der Waals surface area (Å²) in [6.45, 7) is 5.61. The quantitative estimate of drug-likeness (QED) is 0.599. The van der Waals surface area contributed by atoms with Crippen LogP contribution in [0.2, 0.25) is 0 Å². The maximum Gasteiger partial charge on any atom is 0.519 e. The van der Waals surface area contributed by atoms with Gasteiger partial charge in [0.05, 0.1) is 0 Å². The lowest BCUT2D eigenvalue weighted by atomic mass is 10.1. The van der Waals surface area contributed by atoms with Gasteiger partial charge in [0.2, 0.25) is 0 Å². The summed E-state index contributed by atoms with van der Waals surface area (Å²) in [4.78, 5) is 10.5. The van der Waals surface area contributed by atoms with Gasteiger partial charge in [0, 0.05) is 5.92 Å². The molecule has 10 heavy (non-hydrogen) atoms. The lowest BCUT2D eigenvalue weighted by Gasteiger charge is -1.95. The van der Waals surface area contributed by atoms with Crippen LogP contribution in [0.15, 0.2) is 13.6 Å². The van der Waals surface area contributed by atoms with Crippen molar-refractivity contribution in [3.05, 3.63) is 22.1 Å². The van der Waals surface area contributed by atoms with Gasteiger partial charge in [0.25, 0.3) is 0 Å². The SMILES string of the molecule is Cc1oc(=O)oc1C(C)C. The summed E-state index contributed by atoms with van der Waals surface area (Å²) < 4.78 is 9.41. The Morgan fingerprint density at radius 3 is 2.10 bits per heavy atom. The van der Waals surface area contributed by atoms with Gasteiger partial charge in [-0.3, -0.25) is 0 Å². The van der Waals surface area contributed by atoms with E-state index in [1.807, 2.05) is 13.8 Å². The highest BCUT2D eigenvalue weighted by Gasteiger charge is 2.10. The van der Waals surface area contributed by atoms with E-state index < -0.39 is 5.82 Å². The molecule has 0 radical (unpaired) electrons. The van der Waals surface area contributed by atoms with Crippen molar-refractivity contribution >= 4 is 0 Å². The minimum absolute atomic E-state index is 0.214. The Labute approximate surface area is 58.7 Å². The summed E-state index contributed by atoms with van der Waals surface area (Å²) in [6, 6.07) is 0. The predicted octanol–water partition coefficient (Wildman–Crippen LogP) is 1.66. The number of hydrogen-bond donors (Lipinski definition) is 0. The average molecular weight is 142 g/mol. The fourth-order valence-electron chi connectivity index (χ4n) is 0.882. The van der Waals surface area contributed by atoms with Crippen molar-refractivity contribution in [1.82, 2.24) is 0 Å². The van der Waals surface area contributed by atoms with Crippen molar-refractivity contribution in [3.8, 4) is 0 Å². The van der Waals surface area contributed by atoms with Crippen LogP contribution in [0.4, 0.5) is 0 Å². The predicted molar refractivity (Wildman–Crippen MR) is 36.1 cm³/mol. The Hall–Kier alpha value is -0.990. The molecule has 0 fully saturated rings. The Morgan fingerprint density at radius 1 is 1.30 bits per heavy atom. The highest BCUT2D eigenvalue weighted by molar-refractivity contribution is 5.04. The minimum Gasteiger partial charge on any atom is -0.396 e. The molecular weight excluding hydrogens is 132 g/mol. The molecule has 0 aliphatic carbocycles. The summed E-state index contributed by atoms with van der Waals surface area (Å²) >= 11 is 0. The molecule has 3 heteroatoms. The molecule has 0 saturated heterocycles. The lowest BCUT2D eigenvalue weighted by Crippen LogP contribution is -1.88. The van der Waals surface area contributed by atoms with Gasteiger partial charge in [-0.15, -0.1) is 0 Å². The summed E-state index contributed by atoms with van der Waals surface area (Å²) in [6.07, 6.45) is 0. The third-order valence-electron chi connectivity index (χ3n) is 1.30. The average Bonchev–Trinajstić information content (AvgIpc) is 2.10. The second-order valence-electron chi connectivity index (χ2n) is 2.53. The molecule has 0 saturated carbocycles. The highest BCUT2D eigenvalue weighted by Crippen LogP contribution is 2.16. The van der Waals surface area contributed by atoms with Gasteiger partial charge >= 0.3 is 5.82 Å². The summed E-state index contributed by atoms with van der Waals surface area (Å²) in [5.41, 5.74) is 0. The monoisotopic (exact) mass is 142 g/mol. The molecule has 0 aliphatic rings. The van der Waals surface area contributed by atoms with Crippen LogP contribution < -0.4 is 5.82 Å². The van der Waals surface area contributed by atoms with Crippen LogP contribution in [-0.4, -0.2) is 0 Å². The third-order valence-corrected chi connectivity index (χ3v) is 1.30. The molecule has 3 nitrogen and oxygen atoms in total. The first-order chi connectivity index (χ1) is 4.61. The van der Waals surface area contributed by atoms with E-state index in [4.69, 9.17) is 4.42 Å². The van der Waals surface area contributed by atoms with Crippen molar-refractivity contribution in [2.75, 3.05) is 0 Å². The molecule has 0 amide bonds. The van der Waals surface area contributed by atoms with E-state index in [1.165, 1.54) is 0 Å². The van der Waals surface area contributed by atoms with Gasteiger partial charge < -0.3 is 8.83 Å². The van der Waals surface area contributed by atoms with Gasteiger partial charge in [0.15, 0.2) is 5.76 Å². The first kappa shape index (κ1) is 7.12. The molecule has 56 valence electrons. The molecule has 1 rings (SSSR count). The lowest BCUT2D eigenvalue weighted by molar-refractivity contribution is 0.365. The molecule has 0 aliphatic heterocycles. The van der Waals surface area contributed by atoms with Crippen LogP contribution in [0.3, 0.4) is 0 Å². The number of hydrogen-bond acceptors (Lipinski definition) is 3. The van der Waals surface area contributed by atoms with Gasteiger partial charge in [-0.2, -0.15) is 0 Å². The normalized spacial score (nSPS) is 10.8. The number of aryl methyl sites for hydroxylation is 1. The molecule has 0 bridgehead atoms. The Balaban J connectivity index is 3.15. The van der Waals surface area contributed by atoms with Gasteiger partial charge in [-0.1, -0.05) is 13.8 Å². The van der Waals surface area contributed by atoms with Crippen molar-refractivity contribution < 1.29 is 8.83 Å². The topological polar surface area (TPSA) is 43.4 Å². The van der Waals surface area contributed by atoms with E-state index in [0.717, 1.165) is 0 Å². The van der Waals surface area contributed by atoms with Crippen LogP contribution >= 0.6 is 0 Å². The van der Waals surface area contributed by atoms with E-state index >= 15 is 0 Å². The fourth-order valence-corrected chi connectivity index (χ4v) is 0.882. The highest BCUT2D eigenvalue weighted by atomic mass is 16.6. The summed E-state index contributed by atoms with van der Waals surface area (Å²) in [7, 11) is 0. The third kappa shape index (κ3) is 1.12. The second-order valence-corrected chi connectivity index (χ2v) is 2.53. The molecule has 0 spiro atoms. The van der Waals surface area contributed by atoms with E-state index in [9.17, 15) is 4.79 Å². The largest absolute Gasteiger partial charge is 0.519 e. The minimum atomic E-state index is -0.610. The maximum absolute atomic E-state index is 10.5. The van der Waals surface area contributed by atoms with Crippen LogP contribution in [0.5, 0.6) is 0 Å². The Bertz CT molecular complexity index is 267. The molecule has 1 heterocycles. The van der Waals surface area contributed by atoms with Crippen molar-refractivity contribution in [1.29, 1.82) is 0 Å². The molecule has 0 atom stereocenters. The molecule has 1 aromatic heterocycles. The van der Waals surface area contributed by atoms with E-state index in [-0.39, 0.29) is 5.92 Å². The van der Waals surface area contributed by atoms with Gasteiger partial charge in [-0.25, -0.2) is 4.79 Å². The zero-order valence-electron chi connectivity index (χ0n) is 6.30. The molecule has 0 N–H and O–H groups in total. The van der Waals surface area contributed by atoms with E-state index in [1.54, 1.807) is 6.92 Å². The first-order valence-corrected chi connectivity index (χ1v) is 3.21. The van der Waals surface area contributed by atoms with E-state index in [2.05, 4.69) is 4.42 Å². The van der Waals surface area contributed by atoms with Crippen LogP contribution in [0.1, 0.15) is 31.3 Å². The maximum atomic E-state index is 10.5. The van der Waals surface area contributed by atoms with Crippen LogP contribution in [-0.2, 0) is 0 Å². The first-order valence-electron chi connectivity index (χ1n) is 3.21. The molecular formula is C7H10O3. The standard InChI is InChI=1S/C7H10O3/c1-4(2)6-5(3)9-7(8)10-6/h4H,1-3H3. The number of rotatable bonds is 1. The molecule has 0 unspecified atom stereocenters. The fraction of sp³-hybridized carbons (Fsp3) is 0.571.